The number of hydrogen-bond acceptors (Lipinski definition) is 4. The number of H-pyrrole nitrogens is 1. The molecular weight excluding hydrogens is 412 g/mol. The number of hydrogen-bond donors (Lipinski definition) is 2. The number of carbonyl (C=O) groups is 1. The topological polar surface area (TPSA) is 88.3 Å². The number of anilines is 1. The summed E-state index contributed by atoms with van der Waals surface area (Å²) in [5.41, 5.74) is 4.84. The summed E-state index contributed by atoms with van der Waals surface area (Å²) in [7, 11) is -2.43. The van der Waals surface area contributed by atoms with Gasteiger partial charge in [-0.3, -0.25) is 9.52 Å². The number of benzene rings is 2. The number of esters is 1. The molecule has 0 radical (unpaired) electrons. The molecule has 1 aromatic heterocycles. The fraction of sp³-hybridized carbons (Fsp3) is 0.190. The molecule has 0 aliphatic rings. The first-order valence-corrected chi connectivity index (χ1v) is 10.7. The van der Waals surface area contributed by atoms with Crippen molar-refractivity contribution in [1.29, 1.82) is 0 Å². The molecule has 0 saturated carbocycles. The van der Waals surface area contributed by atoms with Crippen LogP contribution in [-0.2, 0) is 26.0 Å². The summed E-state index contributed by atoms with van der Waals surface area (Å²) in [6.07, 6.45) is -0.0106. The Morgan fingerprint density at radius 1 is 1.28 bits per heavy atom. The highest BCUT2D eigenvalue weighted by molar-refractivity contribution is 7.95. The molecule has 0 saturated heterocycles. The Morgan fingerprint density at radius 3 is 2.52 bits per heavy atom. The lowest BCUT2D eigenvalue weighted by Gasteiger charge is -2.19. The lowest BCUT2D eigenvalue weighted by atomic mass is 9.89. The third kappa shape index (κ3) is 4.16. The van der Waals surface area contributed by atoms with Crippen LogP contribution >= 0.6 is 11.6 Å². The average molecular weight is 433 g/mol. The van der Waals surface area contributed by atoms with Crippen molar-refractivity contribution >= 4 is 44.2 Å². The molecule has 6 nitrogen and oxygen atoms in total. The lowest BCUT2D eigenvalue weighted by molar-refractivity contribution is -0.139. The fourth-order valence-corrected chi connectivity index (χ4v) is 4.12. The van der Waals surface area contributed by atoms with E-state index >= 15 is 0 Å². The number of fused-ring (bicyclic) bond motifs is 1. The Bertz CT molecular complexity index is 1210. The van der Waals surface area contributed by atoms with Gasteiger partial charge in [0.1, 0.15) is 0 Å². The minimum Gasteiger partial charge on any atom is -0.469 e. The van der Waals surface area contributed by atoms with Crippen LogP contribution in [0.25, 0.3) is 22.0 Å². The van der Waals surface area contributed by atoms with Crippen molar-refractivity contribution in [3.05, 3.63) is 64.2 Å². The zero-order chi connectivity index (χ0) is 21.3. The number of sulfonamides is 1. The highest BCUT2D eigenvalue weighted by Gasteiger charge is 2.23. The number of ether oxygens (including phenoxy) is 1. The molecule has 0 atom stereocenters. The maximum Gasteiger partial charge on any atom is 0.310 e. The maximum atomic E-state index is 12.2. The molecule has 0 aliphatic carbocycles. The quantitative estimate of drug-likeness (QED) is 0.552. The molecule has 0 bridgehead atoms. The van der Waals surface area contributed by atoms with E-state index in [4.69, 9.17) is 16.3 Å². The van der Waals surface area contributed by atoms with E-state index < -0.39 is 16.0 Å². The van der Waals surface area contributed by atoms with Crippen molar-refractivity contribution in [2.24, 2.45) is 0 Å². The minimum absolute atomic E-state index is 0.0106. The SMILES string of the molecule is C=CS(=O)(=O)Nc1c(C)c(CC(=O)OC)c(-c2ccc(Cl)cc2)c2cc(C)[nH]c12. The van der Waals surface area contributed by atoms with Crippen LogP contribution in [0.3, 0.4) is 0 Å². The van der Waals surface area contributed by atoms with Crippen molar-refractivity contribution in [3.63, 3.8) is 0 Å². The number of methoxy groups -OCH3 is 1. The Labute approximate surface area is 174 Å². The summed E-state index contributed by atoms with van der Waals surface area (Å²) in [5, 5.41) is 2.23. The van der Waals surface area contributed by atoms with Gasteiger partial charge in [0.25, 0.3) is 10.0 Å². The van der Waals surface area contributed by atoms with Gasteiger partial charge in [-0.1, -0.05) is 30.3 Å². The first-order chi connectivity index (χ1) is 13.7. The molecule has 152 valence electrons. The predicted octanol–water partition coefficient (Wildman–Crippen LogP) is 4.71. The van der Waals surface area contributed by atoms with E-state index in [0.29, 0.717) is 27.4 Å². The summed E-state index contributed by atoms with van der Waals surface area (Å²) in [4.78, 5) is 15.4. The zero-order valence-corrected chi connectivity index (χ0v) is 17.9. The van der Waals surface area contributed by atoms with Gasteiger partial charge in [0.05, 0.1) is 24.7 Å². The largest absolute Gasteiger partial charge is 0.469 e. The van der Waals surface area contributed by atoms with E-state index in [1.807, 2.05) is 25.1 Å². The van der Waals surface area contributed by atoms with Crippen molar-refractivity contribution in [1.82, 2.24) is 4.98 Å². The Balaban J connectivity index is 2.42. The molecule has 0 aliphatic heterocycles. The van der Waals surface area contributed by atoms with Gasteiger partial charge in [-0.05, 0) is 54.3 Å². The molecule has 0 amide bonds. The Hall–Kier alpha value is -2.77. The standard InChI is InChI=1S/C21H21ClN2O4S/c1-5-29(26,27)24-20-13(3)16(11-18(25)28-4)19(14-6-8-15(22)9-7-14)17-10-12(2)23-21(17)20/h5-10,23-24H,1,11H2,2-4H3. The van der Waals surface area contributed by atoms with Crippen molar-refractivity contribution in [3.8, 4) is 11.1 Å². The monoisotopic (exact) mass is 432 g/mol. The summed E-state index contributed by atoms with van der Waals surface area (Å²) < 4.78 is 31.8. The molecule has 0 fully saturated rings. The summed E-state index contributed by atoms with van der Waals surface area (Å²) in [6.45, 7) is 7.01. The number of aromatic nitrogens is 1. The smallest absolute Gasteiger partial charge is 0.310 e. The molecule has 1 heterocycles. The van der Waals surface area contributed by atoms with E-state index in [9.17, 15) is 13.2 Å². The van der Waals surface area contributed by atoms with Crippen LogP contribution in [0.15, 0.2) is 42.3 Å². The molecule has 2 aromatic carbocycles. The van der Waals surface area contributed by atoms with Gasteiger partial charge >= 0.3 is 5.97 Å². The van der Waals surface area contributed by atoms with E-state index in [2.05, 4.69) is 16.3 Å². The van der Waals surface area contributed by atoms with Crippen LogP contribution in [-0.4, -0.2) is 26.5 Å². The third-order valence-corrected chi connectivity index (χ3v) is 5.93. The van der Waals surface area contributed by atoms with Gasteiger partial charge in [0.2, 0.25) is 0 Å². The normalized spacial score (nSPS) is 11.4. The van der Waals surface area contributed by atoms with Crippen LogP contribution in [0.2, 0.25) is 5.02 Å². The molecule has 8 heteroatoms. The first kappa shape index (κ1) is 21.0. The summed E-state index contributed by atoms with van der Waals surface area (Å²) >= 11 is 6.05. The number of aryl methyl sites for hydroxylation is 1. The first-order valence-electron chi connectivity index (χ1n) is 8.79. The molecule has 3 rings (SSSR count). The van der Waals surface area contributed by atoms with Gasteiger partial charge < -0.3 is 9.72 Å². The van der Waals surface area contributed by atoms with Crippen LogP contribution < -0.4 is 4.72 Å². The van der Waals surface area contributed by atoms with E-state index in [1.165, 1.54) is 7.11 Å². The lowest BCUT2D eigenvalue weighted by Crippen LogP contribution is -2.13. The highest BCUT2D eigenvalue weighted by Crippen LogP contribution is 2.41. The van der Waals surface area contributed by atoms with Crippen LogP contribution in [0, 0.1) is 13.8 Å². The number of nitrogens with one attached hydrogen (secondary N) is 2. The highest BCUT2D eigenvalue weighted by atomic mass is 35.5. The van der Waals surface area contributed by atoms with Gasteiger partial charge in [-0.25, -0.2) is 8.42 Å². The number of rotatable bonds is 6. The summed E-state index contributed by atoms with van der Waals surface area (Å²) in [6, 6.07) is 9.20. The molecule has 3 aromatic rings. The molecule has 2 N–H and O–H groups in total. The third-order valence-electron chi connectivity index (χ3n) is 4.75. The Kier molecular flexibility index (Phi) is 5.73. The molecule has 0 unspecified atom stereocenters. The van der Waals surface area contributed by atoms with Gasteiger partial charge in [-0.2, -0.15) is 0 Å². The second-order valence-corrected chi connectivity index (χ2v) is 8.73. The molecular formula is C21H21ClN2O4S. The minimum atomic E-state index is -3.75. The maximum absolute atomic E-state index is 12.2. The number of aromatic amines is 1. The van der Waals surface area contributed by atoms with E-state index in [0.717, 1.165) is 27.6 Å². The average Bonchev–Trinajstić information content (AvgIpc) is 3.07. The zero-order valence-electron chi connectivity index (χ0n) is 16.3. The van der Waals surface area contributed by atoms with Crippen molar-refractivity contribution in [2.45, 2.75) is 20.3 Å². The predicted molar refractivity (Wildman–Crippen MR) is 117 cm³/mol. The van der Waals surface area contributed by atoms with Gasteiger partial charge in [0, 0.05) is 21.5 Å². The number of halogens is 1. The van der Waals surface area contributed by atoms with Crippen molar-refractivity contribution < 1.29 is 17.9 Å². The second kappa shape index (κ2) is 7.93. The van der Waals surface area contributed by atoms with Crippen LogP contribution in [0.5, 0.6) is 0 Å². The van der Waals surface area contributed by atoms with E-state index in [-0.39, 0.29) is 6.42 Å². The summed E-state index contributed by atoms with van der Waals surface area (Å²) in [5.74, 6) is -0.424. The van der Waals surface area contributed by atoms with Gasteiger partial charge in [0.15, 0.2) is 0 Å². The molecule has 0 spiro atoms. The fourth-order valence-electron chi connectivity index (χ4n) is 3.37. The van der Waals surface area contributed by atoms with Gasteiger partial charge in [-0.15, -0.1) is 0 Å². The van der Waals surface area contributed by atoms with Crippen molar-refractivity contribution in [2.75, 3.05) is 11.8 Å². The number of carbonyl (C=O) groups excluding carboxylic acids is 1. The van der Waals surface area contributed by atoms with E-state index in [1.54, 1.807) is 19.1 Å². The Morgan fingerprint density at radius 2 is 1.93 bits per heavy atom. The van der Waals surface area contributed by atoms with Crippen LogP contribution in [0.1, 0.15) is 16.8 Å². The molecule has 29 heavy (non-hydrogen) atoms. The van der Waals surface area contributed by atoms with Crippen LogP contribution in [0.4, 0.5) is 5.69 Å². The second-order valence-electron chi connectivity index (χ2n) is 6.67.